The van der Waals surface area contributed by atoms with Crippen LogP contribution in [0.4, 0.5) is 8.78 Å². The van der Waals surface area contributed by atoms with Crippen molar-refractivity contribution in [2.75, 3.05) is 7.11 Å². The second-order valence-electron chi connectivity index (χ2n) is 3.24. The molecule has 0 amide bonds. The molecule has 2 nitrogen and oxygen atoms in total. The highest BCUT2D eigenvalue weighted by Crippen LogP contribution is 2.32. The number of benzene rings is 1. The minimum absolute atomic E-state index is 0.0209. The number of rotatable bonds is 3. The zero-order valence-corrected chi connectivity index (χ0v) is 7.72. The molecular weight excluding hydrogens is 190 g/mol. The van der Waals surface area contributed by atoms with Crippen molar-refractivity contribution in [2.24, 2.45) is 0 Å². The molecule has 1 aliphatic carbocycles. The van der Waals surface area contributed by atoms with E-state index in [0.717, 1.165) is 25.0 Å². The van der Waals surface area contributed by atoms with Crippen molar-refractivity contribution in [1.29, 1.82) is 0 Å². The first-order valence-corrected chi connectivity index (χ1v) is 4.40. The molecule has 14 heavy (non-hydrogen) atoms. The number of methoxy groups -OCH3 is 1. The summed E-state index contributed by atoms with van der Waals surface area (Å²) in [4.78, 5) is 0. The third-order valence-electron chi connectivity index (χ3n) is 2.02. The Morgan fingerprint density at radius 1 is 1.21 bits per heavy atom. The van der Waals surface area contributed by atoms with Crippen LogP contribution in [-0.2, 0) is 0 Å². The van der Waals surface area contributed by atoms with Crippen LogP contribution in [0, 0.1) is 11.6 Å². The molecule has 0 N–H and O–H groups in total. The van der Waals surface area contributed by atoms with Gasteiger partial charge in [0, 0.05) is 12.1 Å². The van der Waals surface area contributed by atoms with Gasteiger partial charge in [0.2, 0.25) is 0 Å². The zero-order valence-electron chi connectivity index (χ0n) is 7.72. The van der Waals surface area contributed by atoms with Gasteiger partial charge < -0.3 is 9.47 Å². The van der Waals surface area contributed by atoms with E-state index in [9.17, 15) is 8.78 Å². The molecule has 0 aromatic heterocycles. The lowest BCUT2D eigenvalue weighted by Gasteiger charge is -2.08. The second kappa shape index (κ2) is 3.44. The minimum Gasteiger partial charge on any atom is -0.497 e. The third-order valence-corrected chi connectivity index (χ3v) is 2.02. The first-order chi connectivity index (χ1) is 6.70. The largest absolute Gasteiger partial charge is 0.497 e. The smallest absolute Gasteiger partial charge is 0.191 e. The van der Waals surface area contributed by atoms with Crippen molar-refractivity contribution in [1.82, 2.24) is 0 Å². The van der Waals surface area contributed by atoms with E-state index in [1.807, 2.05) is 0 Å². The average Bonchev–Trinajstić information content (AvgIpc) is 2.94. The molecular formula is C10H10F2O2. The van der Waals surface area contributed by atoms with Crippen molar-refractivity contribution in [2.45, 2.75) is 18.9 Å². The molecule has 2 rings (SSSR count). The highest BCUT2D eigenvalue weighted by atomic mass is 19.1. The van der Waals surface area contributed by atoms with Gasteiger partial charge in [-0.25, -0.2) is 8.78 Å². The minimum atomic E-state index is -0.714. The molecule has 0 unspecified atom stereocenters. The maximum Gasteiger partial charge on any atom is 0.191 e. The van der Waals surface area contributed by atoms with E-state index in [1.165, 1.54) is 7.11 Å². The van der Waals surface area contributed by atoms with Crippen LogP contribution in [0.15, 0.2) is 12.1 Å². The van der Waals surface area contributed by atoms with Crippen molar-refractivity contribution in [3.8, 4) is 11.5 Å². The molecule has 0 spiro atoms. The van der Waals surface area contributed by atoms with E-state index < -0.39 is 11.6 Å². The predicted molar refractivity (Wildman–Crippen MR) is 46.6 cm³/mol. The van der Waals surface area contributed by atoms with Crippen LogP contribution in [0.25, 0.3) is 0 Å². The Kier molecular flexibility index (Phi) is 2.27. The summed E-state index contributed by atoms with van der Waals surface area (Å²) in [5.74, 6) is -1.57. The van der Waals surface area contributed by atoms with Gasteiger partial charge in [-0.1, -0.05) is 0 Å². The Morgan fingerprint density at radius 3 is 2.21 bits per heavy atom. The Hall–Kier alpha value is -1.32. The van der Waals surface area contributed by atoms with Crippen LogP contribution in [0.1, 0.15) is 12.8 Å². The molecule has 76 valence electrons. The van der Waals surface area contributed by atoms with Crippen LogP contribution < -0.4 is 9.47 Å². The lowest BCUT2D eigenvalue weighted by Crippen LogP contribution is -2.01. The van der Waals surface area contributed by atoms with Gasteiger partial charge in [-0.05, 0) is 12.8 Å². The molecule has 1 aromatic rings. The van der Waals surface area contributed by atoms with Gasteiger partial charge in [-0.15, -0.1) is 0 Å². The van der Waals surface area contributed by atoms with Crippen molar-refractivity contribution >= 4 is 0 Å². The summed E-state index contributed by atoms with van der Waals surface area (Å²) in [5, 5.41) is 0. The average molecular weight is 200 g/mol. The van der Waals surface area contributed by atoms with Crippen LogP contribution in [0.2, 0.25) is 0 Å². The summed E-state index contributed by atoms with van der Waals surface area (Å²) >= 11 is 0. The Morgan fingerprint density at radius 2 is 1.79 bits per heavy atom. The molecule has 0 heterocycles. The van der Waals surface area contributed by atoms with E-state index >= 15 is 0 Å². The second-order valence-corrected chi connectivity index (χ2v) is 3.24. The van der Waals surface area contributed by atoms with Gasteiger partial charge in [0.15, 0.2) is 17.4 Å². The molecule has 0 atom stereocenters. The molecule has 0 radical (unpaired) electrons. The van der Waals surface area contributed by atoms with Crippen LogP contribution in [0.5, 0.6) is 11.5 Å². The van der Waals surface area contributed by atoms with E-state index in [-0.39, 0.29) is 17.6 Å². The summed E-state index contributed by atoms with van der Waals surface area (Å²) in [5.41, 5.74) is 0. The van der Waals surface area contributed by atoms with E-state index in [4.69, 9.17) is 9.47 Å². The normalized spacial score (nSPS) is 15.4. The summed E-state index contributed by atoms with van der Waals surface area (Å²) in [6.07, 6.45) is 1.71. The van der Waals surface area contributed by atoms with Gasteiger partial charge in [-0.3, -0.25) is 0 Å². The number of hydrogen-bond acceptors (Lipinski definition) is 2. The quantitative estimate of drug-likeness (QED) is 0.746. The molecule has 1 fully saturated rings. The molecule has 4 heteroatoms. The van der Waals surface area contributed by atoms with Crippen molar-refractivity contribution < 1.29 is 18.3 Å². The van der Waals surface area contributed by atoms with Crippen molar-refractivity contribution in [3.05, 3.63) is 23.8 Å². The molecule has 0 bridgehead atoms. The SMILES string of the molecule is COc1cc(F)c(OC2CC2)c(F)c1. The highest BCUT2D eigenvalue weighted by Gasteiger charge is 2.26. The number of hydrogen-bond donors (Lipinski definition) is 0. The maximum atomic E-state index is 13.2. The van der Waals surface area contributed by atoms with Gasteiger partial charge >= 0.3 is 0 Å². The zero-order chi connectivity index (χ0) is 10.1. The Balaban J connectivity index is 2.28. The van der Waals surface area contributed by atoms with E-state index in [0.29, 0.717) is 0 Å². The van der Waals surface area contributed by atoms with Crippen LogP contribution in [-0.4, -0.2) is 13.2 Å². The lowest BCUT2D eigenvalue weighted by atomic mass is 10.3. The fraction of sp³-hybridized carbons (Fsp3) is 0.400. The lowest BCUT2D eigenvalue weighted by molar-refractivity contribution is 0.269. The maximum absolute atomic E-state index is 13.2. The van der Waals surface area contributed by atoms with Crippen LogP contribution >= 0.6 is 0 Å². The molecule has 0 aliphatic heterocycles. The number of halogens is 2. The van der Waals surface area contributed by atoms with Gasteiger partial charge in [0.25, 0.3) is 0 Å². The van der Waals surface area contributed by atoms with Gasteiger partial charge in [0.1, 0.15) is 5.75 Å². The molecule has 1 saturated carbocycles. The standard InChI is InChI=1S/C10H10F2O2/c1-13-7-4-8(11)10(9(12)5-7)14-6-2-3-6/h4-6H,2-3H2,1H3. The van der Waals surface area contributed by atoms with E-state index in [2.05, 4.69) is 0 Å². The molecule has 1 aromatic carbocycles. The van der Waals surface area contributed by atoms with Gasteiger partial charge in [-0.2, -0.15) is 0 Å². The van der Waals surface area contributed by atoms with Crippen molar-refractivity contribution in [3.63, 3.8) is 0 Å². The fourth-order valence-corrected chi connectivity index (χ4v) is 1.12. The topological polar surface area (TPSA) is 18.5 Å². The molecule has 0 saturated heterocycles. The summed E-state index contributed by atoms with van der Waals surface area (Å²) in [6, 6.07) is 2.22. The first-order valence-electron chi connectivity index (χ1n) is 4.40. The van der Waals surface area contributed by atoms with Gasteiger partial charge in [0.05, 0.1) is 13.2 Å². The van der Waals surface area contributed by atoms with Crippen LogP contribution in [0.3, 0.4) is 0 Å². The Bertz CT molecular complexity index is 325. The first kappa shape index (κ1) is 9.24. The summed E-state index contributed by atoms with van der Waals surface area (Å²) in [7, 11) is 1.36. The van der Waals surface area contributed by atoms with E-state index in [1.54, 1.807) is 0 Å². The predicted octanol–water partition coefficient (Wildman–Crippen LogP) is 2.51. The fourth-order valence-electron chi connectivity index (χ4n) is 1.12. The Labute approximate surface area is 80.4 Å². The monoisotopic (exact) mass is 200 g/mol. The third kappa shape index (κ3) is 1.78. The molecule has 1 aliphatic rings. The highest BCUT2D eigenvalue weighted by molar-refractivity contribution is 5.35. The summed E-state index contributed by atoms with van der Waals surface area (Å²) in [6.45, 7) is 0. The number of ether oxygens (including phenoxy) is 2. The summed E-state index contributed by atoms with van der Waals surface area (Å²) < 4.78 is 36.3.